The fraction of sp³-hybridized carbons (Fsp3) is 0.667. The standard InChI is InChI=1S/C9H16O/c1-4-8(2)7-9(3)5-6-10/h4,6,9H,5,7H2,1-3H3. The van der Waals surface area contributed by atoms with Crippen LogP contribution in [0.15, 0.2) is 11.6 Å². The zero-order valence-corrected chi connectivity index (χ0v) is 7.05. The molecule has 0 aromatic carbocycles. The molecule has 0 fully saturated rings. The Balaban J connectivity index is 3.56. The maximum atomic E-state index is 10.1. The highest BCUT2D eigenvalue weighted by molar-refractivity contribution is 5.49. The normalized spacial score (nSPS) is 14.9. The average Bonchev–Trinajstić information content (AvgIpc) is 1.88. The highest BCUT2D eigenvalue weighted by Crippen LogP contribution is 2.12. The van der Waals surface area contributed by atoms with Crippen LogP contribution >= 0.6 is 0 Å². The van der Waals surface area contributed by atoms with Crippen LogP contribution in [0.2, 0.25) is 0 Å². The first kappa shape index (κ1) is 9.41. The highest BCUT2D eigenvalue weighted by atomic mass is 16.1. The summed E-state index contributed by atoms with van der Waals surface area (Å²) in [6.07, 6.45) is 4.83. The molecule has 0 heterocycles. The van der Waals surface area contributed by atoms with Crippen molar-refractivity contribution in [3.63, 3.8) is 0 Å². The van der Waals surface area contributed by atoms with E-state index in [1.807, 2.05) is 6.92 Å². The van der Waals surface area contributed by atoms with E-state index >= 15 is 0 Å². The van der Waals surface area contributed by atoms with Gasteiger partial charge in [0.15, 0.2) is 0 Å². The molecule has 0 rings (SSSR count). The van der Waals surface area contributed by atoms with Crippen LogP contribution in [0.25, 0.3) is 0 Å². The van der Waals surface area contributed by atoms with Gasteiger partial charge in [-0.3, -0.25) is 0 Å². The van der Waals surface area contributed by atoms with Crippen molar-refractivity contribution in [3.8, 4) is 0 Å². The monoisotopic (exact) mass is 140 g/mol. The molecule has 0 spiro atoms. The fourth-order valence-electron chi connectivity index (χ4n) is 0.915. The van der Waals surface area contributed by atoms with E-state index in [1.54, 1.807) is 0 Å². The third-order valence-corrected chi connectivity index (χ3v) is 1.66. The van der Waals surface area contributed by atoms with Crippen LogP contribution in [0.1, 0.15) is 33.6 Å². The first-order chi connectivity index (χ1) is 4.70. The largest absolute Gasteiger partial charge is 0.303 e. The molecule has 1 atom stereocenters. The third-order valence-electron chi connectivity index (χ3n) is 1.66. The second-order valence-corrected chi connectivity index (χ2v) is 2.85. The number of carbonyl (C=O) groups is 1. The lowest BCUT2D eigenvalue weighted by Gasteiger charge is -2.06. The molecule has 0 aliphatic heterocycles. The minimum Gasteiger partial charge on any atom is -0.303 e. The zero-order valence-electron chi connectivity index (χ0n) is 7.05. The van der Waals surface area contributed by atoms with E-state index in [0.717, 1.165) is 12.7 Å². The Hall–Kier alpha value is -0.590. The average molecular weight is 140 g/mol. The van der Waals surface area contributed by atoms with Gasteiger partial charge in [-0.05, 0) is 26.2 Å². The van der Waals surface area contributed by atoms with Crippen LogP contribution in [0.4, 0.5) is 0 Å². The molecule has 0 aliphatic carbocycles. The van der Waals surface area contributed by atoms with Gasteiger partial charge in [-0.1, -0.05) is 18.6 Å². The Bertz CT molecular complexity index is 125. The fourth-order valence-corrected chi connectivity index (χ4v) is 0.915. The van der Waals surface area contributed by atoms with Crippen molar-refractivity contribution in [2.45, 2.75) is 33.6 Å². The molecule has 0 aromatic heterocycles. The lowest BCUT2D eigenvalue weighted by Crippen LogP contribution is -1.95. The molecule has 0 aliphatic rings. The van der Waals surface area contributed by atoms with Crippen molar-refractivity contribution < 1.29 is 4.79 Å². The van der Waals surface area contributed by atoms with Gasteiger partial charge in [0, 0.05) is 6.42 Å². The first-order valence-corrected chi connectivity index (χ1v) is 3.76. The summed E-state index contributed by atoms with van der Waals surface area (Å²) < 4.78 is 0. The van der Waals surface area contributed by atoms with Crippen LogP contribution in [0.3, 0.4) is 0 Å². The van der Waals surface area contributed by atoms with E-state index in [0.29, 0.717) is 12.3 Å². The predicted octanol–water partition coefficient (Wildman–Crippen LogP) is 2.57. The Morgan fingerprint density at radius 3 is 2.60 bits per heavy atom. The van der Waals surface area contributed by atoms with Crippen LogP contribution in [0, 0.1) is 5.92 Å². The molecular formula is C9H16O. The van der Waals surface area contributed by atoms with Gasteiger partial charge in [0.2, 0.25) is 0 Å². The van der Waals surface area contributed by atoms with Crippen molar-refractivity contribution in [2.24, 2.45) is 5.92 Å². The summed E-state index contributed by atoms with van der Waals surface area (Å²) in [5.74, 6) is 0.508. The molecular weight excluding hydrogens is 124 g/mol. The van der Waals surface area contributed by atoms with Gasteiger partial charge in [0.05, 0.1) is 0 Å². The first-order valence-electron chi connectivity index (χ1n) is 3.76. The van der Waals surface area contributed by atoms with E-state index in [-0.39, 0.29) is 0 Å². The van der Waals surface area contributed by atoms with E-state index in [2.05, 4.69) is 19.9 Å². The van der Waals surface area contributed by atoms with Gasteiger partial charge in [0.1, 0.15) is 6.29 Å². The second-order valence-electron chi connectivity index (χ2n) is 2.85. The summed E-state index contributed by atoms with van der Waals surface area (Å²) in [7, 11) is 0. The molecule has 58 valence electrons. The topological polar surface area (TPSA) is 17.1 Å². The Morgan fingerprint density at radius 2 is 2.20 bits per heavy atom. The molecule has 0 bridgehead atoms. The maximum Gasteiger partial charge on any atom is 0.120 e. The quantitative estimate of drug-likeness (QED) is 0.433. The zero-order chi connectivity index (χ0) is 7.98. The summed E-state index contributed by atoms with van der Waals surface area (Å²) in [5.41, 5.74) is 1.37. The van der Waals surface area contributed by atoms with Crippen molar-refractivity contribution in [2.75, 3.05) is 0 Å². The minimum absolute atomic E-state index is 0.508. The van der Waals surface area contributed by atoms with Crippen molar-refractivity contribution in [3.05, 3.63) is 11.6 Å². The Morgan fingerprint density at radius 1 is 1.60 bits per heavy atom. The summed E-state index contributed by atoms with van der Waals surface area (Å²) in [4.78, 5) is 10.1. The number of carbonyl (C=O) groups excluding carboxylic acids is 1. The number of hydrogen-bond acceptors (Lipinski definition) is 1. The lowest BCUT2D eigenvalue weighted by atomic mass is 10.00. The van der Waals surface area contributed by atoms with Crippen LogP contribution < -0.4 is 0 Å². The number of hydrogen-bond donors (Lipinski definition) is 0. The summed E-state index contributed by atoms with van der Waals surface area (Å²) in [6.45, 7) is 6.23. The van der Waals surface area contributed by atoms with Crippen LogP contribution in [0.5, 0.6) is 0 Å². The van der Waals surface area contributed by atoms with E-state index < -0.39 is 0 Å². The number of rotatable bonds is 4. The highest BCUT2D eigenvalue weighted by Gasteiger charge is 2.00. The van der Waals surface area contributed by atoms with Gasteiger partial charge in [0.25, 0.3) is 0 Å². The van der Waals surface area contributed by atoms with Crippen molar-refractivity contribution in [1.82, 2.24) is 0 Å². The third kappa shape index (κ3) is 4.30. The Labute approximate surface area is 63.1 Å². The summed E-state index contributed by atoms with van der Waals surface area (Å²) in [5, 5.41) is 0. The SMILES string of the molecule is CC=C(C)CC(C)CC=O. The minimum atomic E-state index is 0.508. The molecule has 1 unspecified atom stereocenters. The van der Waals surface area contributed by atoms with Crippen LogP contribution in [-0.2, 0) is 4.79 Å². The molecule has 0 saturated heterocycles. The summed E-state index contributed by atoms with van der Waals surface area (Å²) >= 11 is 0. The van der Waals surface area contributed by atoms with E-state index in [4.69, 9.17) is 0 Å². The maximum absolute atomic E-state index is 10.1. The second kappa shape index (κ2) is 5.21. The molecule has 1 heteroatoms. The molecule has 0 N–H and O–H groups in total. The van der Waals surface area contributed by atoms with Gasteiger partial charge in [-0.2, -0.15) is 0 Å². The van der Waals surface area contributed by atoms with Gasteiger partial charge in [-0.15, -0.1) is 0 Å². The molecule has 0 aromatic rings. The molecule has 0 radical (unpaired) electrons. The van der Waals surface area contributed by atoms with E-state index in [1.165, 1.54) is 5.57 Å². The molecule has 1 nitrogen and oxygen atoms in total. The van der Waals surface area contributed by atoms with Gasteiger partial charge in [-0.25, -0.2) is 0 Å². The van der Waals surface area contributed by atoms with Crippen molar-refractivity contribution >= 4 is 6.29 Å². The molecule has 0 amide bonds. The lowest BCUT2D eigenvalue weighted by molar-refractivity contribution is -0.108. The molecule has 10 heavy (non-hydrogen) atoms. The smallest absolute Gasteiger partial charge is 0.120 e. The molecule has 0 saturated carbocycles. The predicted molar refractivity (Wildman–Crippen MR) is 43.9 cm³/mol. The van der Waals surface area contributed by atoms with Gasteiger partial charge >= 0.3 is 0 Å². The van der Waals surface area contributed by atoms with Gasteiger partial charge < -0.3 is 4.79 Å². The van der Waals surface area contributed by atoms with Crippen LogP contribution in [-0.4, -0.2) is 6.29 Å². The Kier molecular flexibility index (Phi) is 4.91. The summed E-state index contributed by atoms with van der Waals surface area (Å²) in [6, 6.07) is 0. The number of allylic oxidation sites excluding steroid dienone is 2. The van der Waals surface area contributed by atoms with E-state index in [9.17, 15) is 4.79 Å². The number of aldehydes is 1. The van der Waals surface area contributed by atoms with Crippen molar-refractivity contribution in [1.29, 1.82) is 0 Å².